The van der Waals surface area contributed by atoms with Gasteiger partial charge in [0, 0.05) is 5.56 Å². The van der Waals surface area contributed by atoms with Crippen molar-refractivity contribution < 1.29 is 29.0 Å². The number of anilines is 1. The fourth-order valence-corrected chi connectivity index (χ4v) is 5.83. The highest BCUT2D eigenvalue weighted by Gasteiger charge is 2.48. The number of ketones is 1. The van der Waals surface area contributed by atoms with Crippen LogP contribution in [0.15, 0.2) is 91.0 Å². The van der Waals surface area contributed by atoms with Gasteiger partial charge in [0.15, 0.2) is 5.13 Å². The van der Waals surface area contributed by atoms with Crippen LogP contribution >= 0.6 is 11.3 Å². The van der Waals surface area contributed by atoms with Gasteiger partial charge in [0.1, 0.15) is 29.6 Å². The normalized spacial score (nSPS) is 15.9. The molecule has 0 radical (unpaired) electrons. The Morgan fingerprint density at radius 2 is 1.77 bits per heavy atom. The van der Waals surface area contributed by atoms with E-state index in [0.29, 0.717) is 34.7 Å². The average molecular weight is 595 g/mol. The number of benzene rings is 3. The monoisotopic (exact) mass is 594 g/mol. The van der Waals surface area contributed by atoms with Gasteiger partial charge in [-0.25, -0.2) is 9.78 Å². The van der Waals surface area contributed by atoms with E-state index in [2.05, 4.69) is 11.6 Å². The Morgan fingerprint density at radius 3 is 2.44 bits per heavy atom. The summed E-state index contributed by atoms with van der Waals surface area (Å²) in [6.45, 7) is 9.31. The molecule has 1 N–H and O–H groups in total. The number of hydrogen-bond donors (Lipinski definition) is 1. The lowest BCUT2D eigenvalue weighted by Gasteiger charge is -2.23. The zero-order valence-electron chi connectivity index (χ0n) is 24.0. The standard InChI is InChI=1S/C34H30N2O6S/c1-5-17-41-33(40)31-22(4)35-34(43-31)36-28(24-13-11-20(2)12-14-24)27(30(38)32(36)39)29(37)26-16-15-25(18-21(26)3)42-19-23-9-7-6-8-10-23/h5-16,18,28,37H,1,17,19H2,2-4H3. The number of amides is 1. The first-order chi connectivity index (χ1) is 20.7. The molecule has 0 aliphatic carbocycles. The minimum absolute atomic E-state index is 0.0226. The summed E-state index contributed by atoms with van der Waals surface area (Å²) in [4.78, 5) is 45.7. The summed E-state index contributed by atoms with van der Waals surface area (Å²) in [7, 11) is 0. The van der Waals surface area contributed by atoms with Crippen molar-refractivity contribution in [1.29, 1.82) is 0 Å². The lowest BCUT2D eigenvalue weighted by Crippen LogP contribution is -2.29. The van der Waals surface area contributed by atoms with Crippen LogP contribution in [0.1, 0.15) is 49.2 Å². The number of aromatic nitrogens is 1. The predicted octanol–water partition coefficient (Wildman–Crippen LogP) is 6.62. The number of thiazole rings is 1. The molecule has 1 aliphatic heterocycles. The van der Waals surface area contributed by atoms with Crippen molar-refractivity contribution in [2.45, 2.75) is 33.4 Å². The molecule has 218 valence electrons. The Morgan fingerprint density at radius 1 is 1.05 bits per heavy atom. The highest BCUT2D eigenvalue weighted by molar-refractivity contribution is 7.17. The molecule has 0 saturated carbocycles. The zero-order valence-corrected chi connectivity index (χ0v) is 24.8. The van der Waals surface area contributed by atoms with Crippen LogP contribution in [0.25, 0.3) is 5.76 Å². The zero-order chi connectivity index (χ0) is 30.7. The van der Waals surface area contributed by atoms with Crippen molar-refractivity contribution in [2.24, 2.45) is 0 Å². The molecule has 1 saturated heterocycles. The predicted molar refractivity (Wildman–Crippen MR) is 165 cm³/mol. The molecule has 0 spiro atoms. The molecular weight excluding hydrogens is 564 g/mol. The van der Waals surface area contributed by atoms with E-state index < -0.39 is 23.7 Å². The molecule has 1 amide bonds. The van der Waals surface area contributed by atoms with Gasteiger partial charge in [0.05, 0.1) is 17.3 Å². The summed E-state index contributed by atoms with van der Waals surface area (Å²) < 4.78 is 11.1. The summed E-state index contributed by atoms with van der Waals surface area (Å²) in [6, 6.07) is 21.3. The van der Waals surface area contributed by atoms with Crippen LogP contribution in [0.3, 0.4) is 0 Å². The van der Waals surface area contributed by atoms with E-state index in [4.69, 9.17) is 9.47 Å². The maximum atomic E-state index is 13.6. The summed E-state index contributed by atoms with van der Waals surface area (Å²) in [6.07, 6.45) is 1.45. The molecule has 1 fully saturated rings. The minimum atomic E-state index is -0.975. The van der Waals surface area contributed by atoms with E-state index in [0.717, 1.165) is 22.5 Å². The summed E-state index contributed by atoms with van der Waals surface area (Å²) in [5.74, 6) is -2.02. The van der Waals surface area contributed by atoms with Crippen molar-refractivity contribution in [1.82, 2.24) is 4.98 Å². The Bertz CT molecular complexity index is 1740. The van der Waals surface area contributed by atoms with Crippen LogP contribution in [0.4, 0.5) is 5.13 Å². The number of carbonyl (C=O) groups is 3. The van der Waals surface area contributed by atoms with Gasteiger partial charge in [-0.05, 0) is 55.7 Å². The molecule has 3 aromatic carbocycles. The third-order valence-electron chi connectivity index (χ3n) is 7.05. The summed E-state index contributed by atoms with van der Waals surface area (Å²) >= 11 is 0.953. The van der Waals surface area contributed by atoms with Gasteiger partial charge in [-0.15, -0.1) is 0 Å². The number of Topliss-reactive ketones (excluding diaryl/α,β-unsaturated/α-hetero) is 1. The van der Waals surface area contributed by atoms with Crippen LogP contribution in [-0.4, -0.2) is 34.4 Å². The van der Waals surface area contributed by atoms with E-state index in [-0.39, 0.29) is 27.9 Å². The third kappa shape index (κ3) is 5.98. The molecule has 1 atom stereocenters. The molecule has 1 unspecified atom stereocenters. The number of carbonyl (C=O) groups excluding carboxylic acids is 3. The average Bonchev–Trinajstić information content (AvgIpc) is 3.51. The van der Waals surface area contributed by atoms with Crippen LogP contribution in [0.5, 0.6) is 5.75 Å². The number of ether oxygens (including phenoxy) is 2. The number of hydrogen-bond acceptors (Lipinski definition) is 8. The minimum Gasteiger partial charge on any atom is -0.507 e. The summed E-state index contributed by atoms with van der Waals surface area (Å²) in [5.41, 5.74) is 3.95. The van der Waals surface area contributed by atoms with E-state index in [1.807, 2.05) is 49.4 Å². The number of rotatable bonds is 9. The van der Waals surface area contributed by atoms with Crippen LogP contribution in [0, 0.1) is 20.8 Å². The maximum Gasteiger partial charge on any atom is 0.350 e. The Hall–Kier alpha value is -5.02. The fraction of sp³-hybridized carbons (Fsp3) is 0.176. The van der Waals surface area contributed by atoms with Crippen LogP contribution in [-0.2, 0) is 20.9 Å². The third-order valence-corrected chi connectivity index (χ3v) is 8.18. The largest absolute Gasteiger partial charge is 0.507 e. The molecule has 1 aromatic heterocycles. The van der Waals surface area contributed by atoms with Gasteiger partial charge >= 0.3 is 11.9 Å². The Balaban J connectivity index is 1.55. The van der Waals surface area contributed by atoms with Gasteiger partial charge < -0.3 is 14.6 Å². The molecule has 1 aliphatic rings. The van der Waals surface area contributed by atoms with Gasteiger partial charge in [-0.2, -0.15) is 0 Å². The van der Waals surface area contributed by atoms with Crippen molar-refractivity contribution >= 4 is 39.9 Å². The lowest BCUT2D eigenvalue weighted by molar-refractivity contribution is -0.132. The van der Waals surface area contributed by atoms with Gasteiger partial charge in [-0.1, -0.05) is 84.2 Å². The van der Waals surface area contributed by atoms with E-state index in [1.165, 1.54) is 11.0 Å². The number of aliphatic hydroxyl groups is 1. The first-order valence-electron chi connectivity index (χ1n) is 13.6. The smallest absolute Gasteiger partial charge is 0.350 e. The Kier molecular flexibility index (Phi) is 8.54. The SMILES string of the molecule is C=CCOC(=O)c1sc(N2C(=O)C(=O)C(=C(O)c3ccc(OCc4ccccc4)cc3C)C2c2ccc(C)cc2)nc1C. The van der Waals surface area contributed by atoms with E-state index in [9.17, 15) is 19.5 Å². The van der Waals surface area contributed by atoms with Crippen LogP contribution in [0.2, 0.25) is 0 Å². The first kappa shape index (κ1) is 29.5. The molecule has 2 heterocycles. The molecule has 4 aromatic rings. The summed E-state index contributed by atoms with van der Waals surface area (Å²) in [5, 5.41) is 11.8. The molecule has 5 rings (SSSR count). The number of aliphatic hydroxyl groups excluding tert-OH is 1. The van der Waals surface area contributed by atoms with Gasteiger partial charge in [-0.3, -0.25) is 14.5 Å². The highest BCUT2D eigenvalue weighted by atomic mass is 32.1. The van der Waals surface area contributed by atoms with Crippen molar-refractivity contribution in [3.63, 3.8) is 0 Å². The van der Waals surface area contributed by atoms with E-state index >= 15 is 0 Å². The van der Waals surface area contributed by atoms with Gasteiger partial charge in [0.25, 0.3) is 5.78 Å². The molecule has 43 heavy (non-hydrogen) atoms. The topological polar surface area (TPSA) is 106 Å². The maximum absolute atomic E-state index is 13.6. The van der Waals surface area contributed by atoms with Crippen molar-refractivity contribution in [2.75, 3.05) is 11.5 Å². The molecule has 8 nitrogen and oxygen atoms in total. The van der Waals surface area contributed by atoms with Crippen molar-refractivity contribution in [3.8, 4) is 5.75 Å². The first-order valence-corrected chi connectivity index (χ1v) is 14.4. The second-order valence-corrected chi connectivity index (χ2v) is 11.1. The van der Waals surface area contributed by atoms with Crippen LogP contribution < -0.4 is 9.64 Å². The molecule has 0 bridgehead atoms. The van der Waals surface area contributed by atoms with E-state index in [1.54, 1.807) is 44.2 Å². The number of nitrogens with zero attached hydrogens (tertiary/aromatic N) is 2. The lowest BCUT2D eigenvalue weighted by atomic mass is 9.93. The molecule has 9 heteroatoms. The van der Waals surface area contributed by atoms with Crippen molar-refractivity contribution in [3.05, 3.63) is 129 Å². The fourth-order valence-electron chi connectivity index (χ4n) is 4.85. The second kappa shape index (κ2) is 12.5. The highest BCUT2D eigenvalue weighted by Crippen LogP contribution is 2.44. The number of esters is 1. The molecular formula is C34H30N2O6S. The second-order valence-electron chi connectivity index (χ2n) is 10.1. The Labute approximate surface area is 253 Å². The quantitative estimate of drug-likeness (QED) is 0.0764. The number of aryl methyl sites for hydroxylation is 3. The van der Waals surface area contributed by atoms with Gasteiger partial charge in [0.2, 0.25) is 0 Å².